The fourth-order valence-electron chi connectivity index (χ4n) is 1.89. The molecule has 1 aromatic carbocycles. The lowest BCUT2D eigenvalue weighted by molar-refractivity contribution is 0.0950. The van der Waals surface area contributed by atoms with Crippen molar-refractivity contribution in [2.75, 3.05) is 5.73 Å². The van der Waals surface area contributed by atoms with Crippen LogP contribution in [0.2, 0.25) is 0 Å². The first-order valence-corrected chi connectivity index (χ1v) is 6.12. The number of aromatic nitrogens is 1. The number of nitrogens with two attached hydrogens (primary N) is 1. The molecule has 0 fully saturated rings. The van der Waals surface area contributed by atoms with Crippen molar-refractivity contribution >= 4 is 11.6 Å². The maximum atomic E-state index is 12.1. The maximum absolute atomic E-state index is 12.1. The van der Waals surface area contributed by atoms with Crippen LogP contribution in [-0.2, 0) is 6.54 Å². The van der Waals surface area contributed by atoms with E-state index < -0.39 is 0 Å². The van der Waals surface area contributed by atoms with E-state index in [9.17, 15) is 4.79 Å². The Hall–Kier alpha value is -2.36. The Morgan fingerprint density at radius 1 is 1.32 bits per heavy atom. The van der Waals surface area contributed by atoms with Gasteiger partial charge in [-0.3, -0.25) is 9.78 Å². The number of amides is 1. The second-order valence-electron chi connectivity index (χ2n) is 4.57. The van der Waals surface area contributed by atoms with Crippen molar-refractivity contribution in [1.82, 2.24) is 10.3 Å². The first-order chi connectivity index (χ1) is 9.08. The highest BCUT2D eigenvalue weighted by Crippen LogP contribution is 2.17. The Morgan fingerprint density at radius 2 is 2.11 bits per heavy atom. The molecule has 0 aliphatic rings. The maximum Gasteiger partial charge on any atom is 0.251 e. The summed E-state index contributed by atoms with van der Waals surface area (Å²) >= 11 is 0. The third-order valence-corrected chi connectivity index (χ3v) is 3.03. The Bertz CT molecular complexity index is 594. The summed E-state index contributed by atoms with van der Waals surface area (Å²) in [5.74, 6) is -0.118. The van der Waals surface area contributed by atoms with Crippen LogP contribution >= 0.6 is 0 Å². The quantitative estimate of drug-likeness (QED) is 0.826. The number of hydrogen-bond donors (Lipinski definition) is 2. The van der Waals surface area contributed by atoms with E-state index in [1.165, 1.54) is 0 Å². The monoisotopic (exact) mass is 255 g/mol. The summed E-state index contributed by atoms with van der Waals surface area (Å²) in [5.41, 5.74) is 9.98. The fourth-order valence-corrected chi connectivity index (χ4v) is 1.89. The SMILES string of the molecule is Cc1cc(C)c(C(=O)NCc2cccnc2)cc1N. The number of benzene rings is 1. The molecule has 0 spiro atoms. The Kier molecular flexibility index (Phi) is 3.80. The van der Waals surface area contributed by atoms with Gasteiger partial charge >= 0.3 is 0 Å². The molecule has 0 aliphatic heterocycles. The van der Waals surface area contributed by atoms with E-state index in [4.69, 9.17) is 5.73 Å². The molecule has 4 nitrogen and oxygen atoms in total. The number of pyridine rings is 1. The van der Waals surface area contributed by atoms with Crippen LogP contribution in [0.15, 0.2) is 36.7 Å². The van der Waals surface area contributed by atoms with E-state index in [1.807, 2.05) is 32.0 Å². The lowest BCUT2D eigenvalue weighted by Gasteiger charge is -2.10. The van der Waals surface area contributed by atoms with E-state index in [0.29, 0.717) is 17.8 Å². The smallest absolute Gasteiger partial charge is 0.251 e. The van der Waals surface area contributed by atoms with Crippen LogP contribution in [0.4, 0.5) is 5.69 Å². The third kappa shape index (κ3) is 3.10. The predicted octanol–water partition coefficient (Wildman–Crippen LogP) is 2.21. The fraction of sp³-hybridized carbons (Fsp3) is 0.200. The summed E-state index contributed by atoms with van der Waals surface area (Å²) in [6, 6.07) is 7.41. The molecule has 0 unspecified atom stereocenters. The second-order valence-corrected chi connectivity index (χ2v) is 4.57. The van der Waals surface area contributed by atoms with Gasteiger partial charge in [0, 0.05) is 30.2 Å². The van der Waals surface area contributed by atoms with E-state index in [2.05, 4.69) is 10.3 Å². The van der Waals surface area contributed by atoms with E-state index >= 15 is 0 Å². The van der Waals surface area contributed by atoms with Crippen molar-refractivity contribution in [2.24, 2.45) is 0 Å². The number of carbonyl (C=O) groups excluding carboxylic acids is 1. The number of carbonyl (C=O) groups is 1. The molecule has 3 N–H and O–H groups in total. The van der Waals surface area contributed by atoms with Gasteiger partial charge < -0.3 is 11.1 Å². The van der Waals surface area contributed by atoms with Crippen LogP contribution in [0.25, 0.3) is 0 Å². The second kappa shape index (κ2) is 5.52. The molecule has 2 aromatic rings. The van der Waals surface area contributed by atoms with Crippen molar-refractivity contribution in [2.45, 2.75) is 20.4 Å². The molecule has 98 valence electrons. The van der Waals surface area contributed by atoms with E-state index in [-0.39, 0.29) is 5.91 Å². The van der Waals surface area contributed by atoms with Crippen LogP contribution in [0.5, 0.6) is 0 Å². The molecule has 0 bridgehead atoms. The van der Waals surface area contributed by atoms with Crippen LogP contribution in [0.1, 0.15) is 27.0 Å². The number of hydrogen-bond acceptors (Lipinski definition) is 3. The highest BCUT2D eigenvalue weighted by Gasteiger charge is 2.10. The summed E-state index contributed by atoms with van der Waals surface area (Å²) in [6.07, 6.45) is 3.44. The largest absolute Gasteiger partial charge is 0.398 e. The molecule has 0 saturated carbocycles. The van der Waals surface area contributed by atoms with Crippen LogP contribution < -0.4 is 11.1 Å². The lowest BCUT2D eigenvalue weighted by atomic mass is 10.0. The first-order valence-electron chi connectivity index (χ1n) is 6.12. The molecule has 19 heavy (non-hydrogen) atoms. The van der Waals surface area contributed by atoms with Gasteiger partial charge in [0.15, 0.2) is 0 Å². The summed E-state index contributed by atoms with van der Waals surface area (Å²) < 4.78 is 0. The number of nitrogens with one attached hydrogen (secondary N) is 1. The van der Waals surface area contributed by atoms with Crippen molar-refractivity contribution in [3.8, 4) is 0 Å². The molecule has 1 amide bonds. The van der Waals surface area contributed by atoms with Gasteiger partial charge in [-0.15, -0.1) is 0 Å². The Morgan fingerprint density at radius 3 is 2.79 bits per heavy atom. The summed E-state index contributed by atoms with van der Waals surface area (Å²) in [7, 11) is 0. The number of aryl methyl sites for hydroxylation is 2. The molecule has 4 heteroatoms. The molecule has 1 heterocycles. The number of nitrogen functional groups attached to an aromatic ring is 1. The minimum Gasteiger partial charge on any atom is -0.398 e. The molecule has 0 radical (unpaired) electrons. The topological polar surface area (TPSA) is 68.0 Å². The zero-order valence-electron chi connectivity index (χ0n) is 11.1. The van der Waals surface area contributed by atoms with Crippen LogP contribution in [0, 0.1) is 13.8 Å². The normalized spacial score (nSPS) is 10.2. The zero-order chi connectivity index (χ0) is 13.8. The van der Waals surface area contributed by atoms with Gasteiger partial charge in [-0.1, -0.05) is 12.1 Å². The third-order valence-electron chi connectivity index (χ3n) is 3.03. The average molecular weight is 255 g/mol. The van der Waals surface area contributed by atoms with E-state index in [1.54, 1.807) is 18.5 Å². The Labute approximate surface area is 112 Å². The van der Waals surface area contributed by atoms with Crippen LogP contribution in [-0.4, -0.2) is 10.9 Å². The summed E-state index contributed by atoms with van der Waals surface area (Å²) in [4.78, 5) is 16.1. The van der Waals surface area contributed by atoms with Crippen molar-refractivity contribution in [3.63, 3.8) is 0 Å². The first kappa shape index (κ1) is 13.1. The average Bonchev–Trinajstić information content (AvgIpc) is 2.41. The lowest BCUT2D eigenvalue weighted by Crippen LogP contribution is -2.24. The van der Waals surface area contributed by atoms with Gasteiger partial charge in [-0.25, -0.2) is 0 Å². The highest BCUT2D eigenvalue weighted by molar-refractivity contribution is 5.96. The molecule has 0 saturated heterocycles. The van der Waals surface area contributed by atoms with Gasteiger partial charge in [0.25, 0.3) is 5.91 Å². The van der Waals surface area contributed by atoms with Crippen molar-refractivity contribution in [1.29, 1.82) is 0 Å². The Balaban J connectivity index is 2.10. The molecular weight excluding hydrogens is 238 g/mol. The molecule has 2 rings (SSSR count). The van der Waals surface area contributed by atoms with Gasteiger partial charge in [0.1, 0.15) is 0 Å². The van der Waals surface area contributed by atoms with E-state index in [0.717, 1.165) is 16.7 Å². The zero-order valence-corrected chi connectivity index (χ0v) is 11.1. The minimum absolute atomic E-state index is 0.118. The van der Waals surface area contributed by atoms with Crippen molar-refractivity contribution < 1.29 is 4.79 Å². The molecule has 1 aromatic heterocycles. The van der Waals surface area contributed by atoms with Gasteiger partial charge in [-0.05, 0) is 42.7 Å². The number of nitrogens with zero attached hydrogens (tertiary/aromatic N) is 1. The van der Waals surface area contributed by atoms with Crippen LogP contribution in [0.3, 0.4) is 0 Å². The minimum atomic E-state index is -0.118. The van der Waals surface area contributed by atoms with Gasteiger partial charge in [0.2, 0.25) is 0 Å². The van der Waals surface area contributed by atoms with Gasteiger partial charge in [-0.2, -0.15) is 0 Å². The standard InChI is InChI=1S/C15H17N3O/c1-10-6-11(2)14(16)7-13(10)15(19)18-9-12-4-3-5-17-8-12/h3-8H,9,16H2,1-2H3,(H,18,19). The highest BCUT2D eigenvalue weighted by atomic mass is 16.1. The molecular formula is C15H17N3O. The van der Waals surface area contributed by atoms with Gasteiger partial charge in [0.05, 0.1) is 0 Å². The molecule has 0 aliphatic carbocycles. The predicted molar refractivity (Wildman–Crippen MR) is 75.7 cm³/mol. The summed E-state index contributed by atoms with van der Waals surface area (Å²) in [6.45, 7) is 4.30. The number of anilines is 1. The number of rotatable bonds is 3. The molecule has 0 atom stereocenters. The van der Waals surface area contributed by atoms with Crippen molar-refractivity contribution in [3.05, 3.63) is 58.9 Å². The summed E-state index contributed by atoms with van der Waals surface area (Å²) in [5, 5.41) is 2.87.